The van der Waals surface area contributed by atoms with Gasteiger partial charge in [-0.15, -0.1) is 0 Å². The van der Waals surface area contributed by atoms with Gasteiger partial charge >= 0.3 is 0 Å². The van der Waals surface area contributed by atoms with E-state index in [2.05, 4.69) is 6.58 Å². The molecule has 1 heterocycles. The van der Waals surface area contributed by atoms with Crippen LogP contribution in [-0.2, 0) is 4.74 Å². The van der Waals surface area contributed by atoms with Crippen LogP contribution < -0.4 is 4.74 Å². The van der Waals surface area contributed by atoms with Gasteiger partial charge in [-0.25, -0.2) is 4.39 Å². The highest BCUT2D eigenvalue weighted by Crippen LogP contribution is 2.42. The highest BCUT2D eigenvalue weighted by atomic mass is 35.5. The van der Waals surface area contributed by atoms with E-state index < -0.39 is 0 Å². The van der Waals surface area contributed by atoms with Crippen molar-refractivity contribution in [1.82, 2.24) is 0 Å². The average molecular weight is 299 g/mol. The van der Waals surface area contributed by atoms with Crippen molar-refractivity contribution in [2.75, 3.05) is 19.8 Å². The van der Waals surface area contributed by atoms with Crippen molar-refractivity contribution in [1.29, 1.82) is 0 Å². The second-order valence-corrected chi connectivity index (χ2v) is 5.47. The molecule has 110 valence electrons. The van der Waals surface area contributed by atoms with Gasteiger partial charge in [0, 0.05) is 24.3 Å². The summed E-state index contributed by atoms with van der Waals surface area (Å²) in [5.74, 6) is 0.308. The Kier molecular flexibility index (Phi) is 5.06. The number of benzene rings is 1. The van der Waals surface area contributed by atoms with Crippen molar-refractivity contribution in [2.24, 2.45) is 0 Å². The normalized spacial score (nSPS) is 16.2. The minimum atomic E-state index is -0.369. The molecule has 4 heteroatoms. The van der Waals surface area contributed by atoms with Gasteiger partial charge in [-0.1, -0.05) is 18.2 Å². The van der Waals surface area contributed by atoms with Gasteiger partial charge in [0.05, 0.1) is 11.6 Å². The first-order chi connectivity index (χ1) is 9.56. The number of allylic oxidation sites excluding steroid dienone is 1. The van der Waals surface area contributed by atoms with Crippen LogP contribution in [-0.4, -0.2) is 19.8 Å². The predicted molar refractivity (Wildman–Crippen MR) is 80.1 cm³/mol. The number of rotatable bonds is 4. The summed E-state index contributed by atoms with van der Waals surface area (Å²) in [7, 11) is 0. The Morgan fingerprint density at radius 3 is 2.70 bits per heavy atom. The van der Waals surface area contributed by atoms with Gasteiger partial charge in [0.25, 0.3) is 0 Å². The molecule has 1 aliphatic heterocycles. The molecule has 0 unspecified atom stereocenters. The molecule has 0 spiro atoms. The molecule has 1 fully saturated rings. The molecule has 0 radical (unpaired) electrons. The molecule has 0 atom stereocenters. The quantitative estimate of drug-likeness (QED) is 0.794. The van der Waals surface area contributed by atoms with Crippen molar-refractivity contribution in [3.05, 3.63) is 34.6 Å². The maximum atomic E-state index is 14.5. The van der Waals surface area contributed by atoms with Crippen LogP contribution >= 0.6 is 11.6 Å². The SMILES string of the molecule is C=C(C)c1cc(Cl)c(F)c(C2CCOCC2)c1OCC. The van der Waals surface area contributed by atoms with Crippen molar-refractivity contribution >= 4 is 17.2 Å². The number of hydrogen-bond acceptors (Lipinski definition) is 2. The molecule has 1 aromatic rings. The molecule has 0 aliphatic carbocycles. The fraction of sp³-hybridized carbons (Fsp3) is 0.500. The lowest BCUT2D eigenvalue weighted by atomic mass is 9.88. The molecule has 2 nitrogen and oxygen atoms in total. The third kappa shape index (κ3) is 2.99. The molecule has 1 aromatic carbocycles. The Morgan fingerprint density at radius 1 is 1.50 bits per heavy atom. The van der Waals surface area contributed by atoms with Gasteiger partial charge in [-0.3, -0.25) is 0 Å². The Morgan fingerprint density at radius 2 is 2.15 bits per heavy atom. The van der Waals surface area contributed by atoms with Gasteiger partial charge < -0.3 is 9.47 Å². The first-order valence-electron chi connectivity index (χ1n) is 6.94. The molecule has 2 rings (SSSR count). The van der Waals surface area contributed by atoms with E-state index in [-0.39, 0.29) is 16.8 Å². The Bertz CT molecular complexity index is 508. The molecule has 0 amide bonds. The zero-order valence-corrected chi connectivity index (χ0v) is 12.7. The minimum absolute atomic E-state index is 0.0853. The highest BCUT2D eigenvalue weighted by molar-refractivity contribution is 6.31. The van der Waals surface area contributed by atoms with Gasteiger partial charge in [0.2, 0.25) is 0 Å². The van der Waals surface area contributed by atoms with E-state index in [1.165, 1.54) is 0 Å². The van der Waals surface area contributed by atoms with Gasteiger partial charge in [-0.05, 0) is 44.2 Å². The third-order valence-corrected chi connectivity index (χ3v) is 3.86. The van der Waals surface area contributed by atoms with Crippen LogP contribution in [0.5, 0.6) is 5.75 Å². The van der Waals surface area contributed by atoms with Crippen LogP contribution in [0, 0.1) is 5.82 Å². The van der Waals surface area contributed by atoms with E-state index in [9.17, 15) is 4.39 Å². The van der Waals surface area contributed by atoms with Gasteiger partial charge in [0.1, 0.15) is 11.6 Å². The summed E-state index contributed by atoms with van der Waals surface area (Å²) in [5, 5.41) is 0.132. The minimum Gasteiger partial charge on any atom is -0.493 e. The largest absolute Gasteiger partial charge is 0.493 e. The molecular formula is C16H20ClFO2. The fourth-order valence-corrected chi connectivity index (χ4v) is 2.81. The van der Waals surface area contributed by atoms with Gasteiger partial charge in [0.15, 0.2) is 0 Å². The predicted octanol–water partition coefficient (Wildman–Crippen LogP) is 4.80. The van der Waals surface area contributed by atoms with E-state index in [0.717, 1.165) is 24.0 Å². The van der Waals surface area contributed by atoms with Crippen LogP contribution in [0.1, 0.15) is 43.7 Å². The molecule has 20 heavy (non-hydrogen) atoms. The first kappa shape index (κ1) is 15.3. The van der Waals surface area contributed by atoms with E-state index >= 15 is 0 Å². The smallest absolute Gasteiger partial charge is 0.148 e. The monoisotopic (exact) mass is 298 g/mol. The zero-order valence-electron chi connectivity index (χ0n) is 12.0. The second-order valence-electron chi connectivity index (χ2n) is 5.06. The molecule has 0 bridgehead atoms. The lowest BCUT2D eigenvalue weighted by Gasteiger charge is -2.26. The molecule has 0 aromatic heterocycles. The summed E-state index contributed by atoms with van der Waals surface area (Å²) in [6.07, 6.45) is 1.57. The summed E-state index contributed by atoms with van der Waals surface area (Å²) in [5.41, 5.74) is 2.20. The van der Waals surface area contributed by atoms with Crippen LogP contribution in [0.25, 0.3) is 5.57 Å². The summed E-state index contributed by atoms with van der Waals surface area (Å²) >= 11 is 6.05. The Hall–Kier alpha value is -1.06. The molecule has 0 N–H and O–H groups in total. The first-order valence-corrected chi connectivity index (χ1v) is 7.32. The molecule has 1 aliphatic rings. The van der Waals surface area contributed by atoms with E-state index in [1.807, 2.05) is 13.8 Å². The van der Waals surface area contributed by atoms with Crippen molar-refractivity contribution in [3.63, 3.8) is 0 Å². The van der Waals surface area contributed by atoms with Crippen LogP contribution in [0.2, 0.25) is 5.02 Å². The standard InChI is InChI=1S/C16H20ClFO2/c1-4-20-16-12(10(2)3)9-13(17)15(18)14(16)11-5-7-19-8-6-11/h9,11H,2,4-8H2,1,3H3. The van der Waals surface area contributed by atoms with Crippen molar-refractivity contribution in [3.8, 4) is 5.75 Å². The maximum Gasteiger partial charge on any atom is 0.148 e. The van der Waals surface area contributed by atoms with E-state index in [1.54, 1.807) is 6.07 Å². The Labute approximate surface area is 124 Å². The zero-order chi connectivity index (χ0) is 14.7. The summed E-state index contributed by atoms with van der Waals surface area (Å²) in [6.45, 7) is 9.48. The Balaban J connectivity index is 2.58. The molecule has 1 saturated heterocycles. The second kappa shape index (κ2) is 6.59. The molecular weight excluding hydrogens is 279 g/mol. The van der Waals surface area contributed by atoms with Crippen LogP contribution in [0.3, 0.4) is 0 Å². The van der Waals surface area contributed by atoms with Crippen molar-refractivity contribution < 1.29 is 13.9 Å². The van der Waals surface area contributed by atoms with Crippen molar-refractivity contribution in [2.45, 2.75) is 32.6 Å². The lowest BCUT2D eigenvalue weighted by Crippen LogP contribution is -2.17. The van der Waals surface area contributed by atoms with Crippen LogP contribution in [0.4, 0.5) is 4.39 Å². The average Bonchev–Trinajstić information content (AvgIpc) is 2.44. The summed E-state index contributed by atoms with van der Waals surface area (Å²) < 4.78 is 25.6. The summed E-state index contributed by atoms with van der Waals surface area (Å²) in [6, 6.07) is 1.60. The molecule has 0 saturated carbocycles. The highest BCUT2D eigenvalue weighted by Gasteiger charge is 2.27. The fourth-order valence-electron chi connectivity index (χ4n) is 2.60. The number of halogens is 2. The topological polar surface area (TPSA) is 18.5 Å². The number of ether oxygens (including phenoxy) is 2. The maximum absolute atomic E-state index is 14.5. The van der Waals surface area contributed by atoms with E-state index in [4.69, 9.17) is 21.1 Å². The number of hydrogen-bond donors (Lipinski definition) is 0. The lowest BCUT2D eigenvalue weighted by molar-refractivity contribution is 0.0839. The van der Waals surface area contributed by atoms with Crippen LogP contribution in [0.15, 0.2) is 12.6 Å². The van der Waals surface area contributed by atoms with Gasteiger partial charge in [-0.2, -0.15) is 0 Å². The van der Waals surface area contributed by atoms with E-state index in [0.29, 0.717) is 31.1 Å². The third-order valence-electron chi connectivity index (χ3n) is 3.58. The summed E-state index contributed by atoms with van der Waals surface area (Å²) in [4.78, 5) is 0.